The number of hydrogen-bond acceptors (Lipinski definition) is 4. The third-order valence-corrected chi connectivity index (χ3v) is 4.07. The molecule has 1 rings (SSSR count). The first-order chi connectivity index (χ1) is 6.89. The molecule has 0 aromatic heterocycles. The van der Waals surface area contributed by atoms with Gasteiger partial charge in [-0.1, -0.05) is 0 Å². The van der Waals surface area contributed by atoms with Gasteiger partial charge in [-0.05, 0) is 14.1 Å². The van der Waals surface area contributed by atoms with Gasteiger partial charge in [-0.25, -0.2) is 0 Å². The Kier molecular flexibility index (Phi) is 4.79. The monoisotopic (exact) mass is 255 g/mol. The summed E-state index contributed by atoms with van der Waals surface area (Å²) in [6.45, 7) is 4.49. The number of rotatable bonds is 4. The molecule has 90 valence electrons. The fourth-order valence-electron chi connectivity index (χ4n) is 1.51. The second-order valence-electron chi connectivity index (χ2n) is 3.99. The average molecular weight is 256 g/mol. The van der Waals surface area contributed by atoms with E-state index < -0.39 is 9.24 Å². The summed E-state index contributed by atoms with van der Waals surface area (Å²) in [5, 5.41) is 0. The van der Waals surface area contributed by atoms with Crippen LogP contribution in [0.15, 0.2) is 0 Å². The molecule has 0 radical (unpaired) electrons. The van der Waals surface area contributed by atoms with Crippen molar-refractivity contribution in [2.75, 3.05) is 53.4 Å². The van der Waals surface area contributed by atoms with Crippen LogP contribution in [-0.4, -0.2) is 75.9 Å². The van der Waals surface area contributed by atoms with Crippen molar-refractivity contribution in [3.63, 3.8) is 0 Å². The second kappa shape index (κ2) is 5.45. The summed E-state index contributed by atoms with van der Waals surface area (Å²) in [4.78, 5) is 4.36. The van der Waals surface area contributed by atoms with Crippen molar-refractivity contribution in [2.45, 2.75) is 0 Å². The minimum absolute atomic E-state index is 0.499. The first-order valence-corrected chi connectivity index (χ1v) is 7.23. The van der Waals surface area contributed by atoms with Crippen LogP contribution >= 0.6 is 10.7 Å². The number of nitrogens with zero attached hydrogens (tertiary/aromatic N) is 3. The van der Waals surface area contributed by atoms with Gasteiger partial charge in [0.1, 0.15) is 0 Å². The molecule has 1 aliphatic heterocycles. The Labute approximate surface area is 96.1 Å². The topological polar surface area (TPSA) is 43.9 Å². The summed E-state index contributed by atoms with van der Waals surface area (Å²) in [7, 11) is 5.80. The fourth-order valence-corrected chi connectivity index (χ4v) is 2.53. The van der Waals surface area contributed by atoms with E-state index in [9.17, 15) is 8.42 Å². The molecule has 7 heteroatoms. The molecule has 1 fully saturated rings. The third-order valence-electron chi connectivity index (χ3n) is 2.50. The van der Waals surface area contributed by atoms with Gasteiger partial charge in [0.2, 0.25) is 0 Å². The van der Waals surface area contributed by atoms with E-state index in [4.69, 9.17) is 10.7 Å². The minimum Gasteiger partial charge on any atom is -0.308 e. The van der Waals surface area contributed by atoms with Gasteiger partial charge in [0.25, 0.3) is 9.24 Å². The van der Waals surface area contributed by atoms with Crippen LogP contribution in [0.3, 0.4) is 0 Å². The van der Waals surface area contributed by atoms with Gasteiger partial charge in [-0.2, -0.15) is 12.7 Å². The first-order valence-electron chi connectivity index (χ1n) is 4.96. The molecule has 0 N–H and O–H groups in total. The molecule has 1 aliphatic rings. The quantitative estimate of drug-likeness (QED) is 0.644. The second-order valence-corrected chi connectivity index (χ2v) is 6.50. The van der Waals surface area contributed by atoms with E-state index in [1.54, 1.807) is 0 Å². The van der Waals surface area contributed by atoms with Gasteiger partial charge < -0.3 is 4.90 Å². The molecule has 0 saturated carbocycles. The molecule has 0 bridgehead atoms. The maximum Gasteiger partial charge on any atom is 0.299 e. The van der Waals surface area contributed by atoms with Gasteiger partial charge in [-0.3, -0.25) is 4.90 Å². The SMILES string of the molecule is CN(C)CCN1CCN(S(=O)(=O)Cl)CC1. The fraction of sp³-hybridized carbons (Fsp3) is 1.00. The molecule has 5 nitrogen and oxygen atoms in total. The number of piperazine rings is 1. The van der Waals surface area contributed by atoms with Gasteiger partial charge in [0.05, 0.1) is 0 Å². The highest BCUT2D eigenvalue weighted by molar-refractivity contribution is 8.11. The van der Waals surface area contributed by atoms with Crippen molar-refractivity contribution in [3.05, 3.63) is 0 Å². The van der Waals surface area contributed by atoms with Crippen molar-refractivity contribution < 1.29 is 8.42 Å². The highest BCUT2D eigenvalue weighted by atomic mass is 35.7. The van der Waals surface area contributed by atoms with Crippen molar-refractivity contribution in [3.8, 4) is 0 Å². The molecule has 0 amide bonds. The van der Waals surface area contributed by atoms with Crippen LogP contribution in [0.1, 0.15) is 0 Å². The molecular weight excluding hydrogens is 238 g/mol. The molecular formula is C8H18ClN3O2S. The van der Waals surface area contributed by atoms with Crippen LogP contribution in [0.2, 0.25) is 0 Å². The molecule has 1 saturated heterocycles. The lowest BCUT2D eigenvalue weighted by Crippen LogP contribution is -2.48. The normalized spacial score (nSPS) is 21.1. The van der Waals surface area contributed by atoms with E-state index in [-0.39, 0.29) is 0 Å². The molecule has 0 atom stereocenters. The summed E-state index contributed by atoms with van der Waals surface area (Å²) < 4.78 is 23.4. The molecule has 0 aromatic rings. The summed E-state index contributed by atoms with van der Waals surface area (Å²) in [5.74, 6) is 0. The van der Waals surface area contributed by atoms with Crippen LogP contribution in [0, 0.1) is 0 Å². The summed E-state index contributed by atoms with van der Waals surface area (Å²) in [5.41, 5.74) is 0. The van der Waals surface area contributed by atoms with E-state index >= 15 is 0 Å². The van der Waals surface area contributed by atoms with Crippen LogP contribution in [0.5, 0.6) is 0 Å². The molecule has 15 heavy (non-hydrogen) atoms. The third kappa shape index (κ3) is 4.65. The van der Waals surface area contributed by atoms with Gasteiger partial charge in [-0.15, -0.1) is 0 Å². The van der Waals surface area contributed by atoms with Gasteiger partial charge in [0, 0.05) is 50.0 Å². The maximum atomic E-state index is 11.0. The van der Waals surface area contributed by atoms with Crippen LogP contribution < -0.4 is 0 Å². The van der Waals surface area contributed by atoms with E-state index in [0.29, 0.717) is 13.1 Å². The predicted molar refractivity (Wildman–Crippen MR) is 61.3 cm³/mol. The van der Waals surface area contributed by atoms with Gasteiger partial charge in [0.15, 0.2) is 0 Å². The number of hydrogen-bond donors (Lipinski definition) is 0. The number of halogens is 1. The summed E-state index contributed by atoms with van der Waals surface area (Å²) >= 11 is 0. The Balaban J connectivity index is 2.30. The molecule has 0 aliphatic carbocycles. The summed E-state index contributed by atoms with van der Waals surface area (Å²) in [6.07, 6.45) is 0. The highest BCUT2D eigenvalue weighted by Gasteiger charge is 2.24. The Morgan fingerprint density at radius 3 is 2.13 bits per heavy atom. The van der Waals surface area contributed by atoms with E-state index in [1.807, 2.05) is 14.1 Å². The van der Waals surface area contributed by atoms with E-state index in [0.717, 1.165) is 26.2 Å². The smallest absolute Gasteiger partial charge is 0.299 e. The lowest BCUT2D eigenvalue weighted by atomic mass is 10.3. The molecule has 0 spiro atoms. The van der Waals surface area contributed by atoms with Gasteiger partial charge >= 0.3 is 0 Å². The largest absolute Gasteiger partial charge is 0.308 e. The first kappa shape index (κ1) is 13.2. The van der Waals surface area contributed by atoms with Crippen molar-refractivity contribution >= 4 is 19.9 Å². The van der Waals surface area contributed by atoms with Crippen LogP contribution in [0.4, 0.5) is 0 Å². The number of likely N-dealkylation sites (N-methyl/N-ethyl adjacent to an activating group) is 1. The molecule has 1 heterocycles. The average Bonchev–Trinajstić information content (AvgIpc) is 2.14. The zero-order valence-corrected chi connectivity index (χ0v) is 10.8. The Morgan fingerprint density at radius 1 is 1.20 bits per heavy atom. The standard InChI is InChI=1S/C8H18ClN3O2S/c1-10(2)3-4-11-5-7-12(8-6-11)15(9,13)14/h3-8H2,1-2H3. The minimum atomic E-state index is -3.51. The lowest BCUT2D eigenvalue weighted by molar-refractivity contribution is 0.176. The van der Waals surface area contributed by atoms with E-state index in [2.05, 4.69) is 9.80 Å². The van der Waals surface area contributed by atoms with Crippen LogP contribution in [-0.2, 0) is 9.24 Å². The zero-order valence-electron chi connectivity index (χ0n) is 9.19. The van der Waals surface area contributed by atoms with E-state index in [1.165, 1.54) is 4.31 Å². The predicted octanol–water partition coefficient (Wildman–Crippen LogP) is -0.351. The summed E-state index contributed by atoms with van der Waals surface area (Å²) in [6, 6.07) is 0. The lowest BCUT2D eigenvalue weighted by Gasteiger charge is -2.32. The zero-order chi connectivity index (χ0) is 11.5. The maximum absolute atomic E-state index is 11.0. The highest BCUT2D eigenvalue weighted by Crippen LogP contribution is 2.10. The van der Waals surface area contributed by atoms with Crippen molar-refractivity contribution in [1.29, 1.82) is 0 Å². The van der Waals surface area contributed by atoms with Crippen molar-refractivity contribution in [1.82, 2.24) is 14.1 Å². The van der Waals surface area contributed by atoms with Crippen molar-refractivity contribution in [2.24, 2.45) is 0 Å². The van der Waals surface area contributed by atoms with Crippen LogP contribution in [0.25, 0.3) is 0 Å². The Bertz CT molecular complexity index is 286. The Morgan fingerprint density at radius 2 is 1.73 bits per heavy atom. The molecule has 0 aromatic carbocycles. The molecule has 0 unspecified atom stereocenters. The Hall–Kier alpha value is 0.120.